The number of hydrogen-bond acceptors (Lipinski definition) is 1. The summed E-state index contributed by atoms with van der Waals surface area (Å²) < 4.78 is 0. The summed E-state index contributed by atoms with van der Waals surface area (Å²) in [7, 11) is 0. The molecule has 2 N–H and O–H groups in total. The van der Waals surface area contributed by atoms with Gasteiger partial charge >= 0.3 is 0 Å². The van der Waals surface area contributed by atoms with Gasteiger partial charge in [0.15, 0.2) is 0 Å². The largest absolute Gasteiger partial charge is 0.327 e. The molecule has 0 aliphatic heterocycles. The van der Waals surface area contributed by atoms with Crippen LogP contribution < -0.4 is 5.73 Å². The highest BCUT2D eigenvalue weighted by atomic mass is 14.7. The summed E-state index contributed by atoms with van der Waals surface area (Å²) >= 11 is 0. The fourth-order valence-electron chi connectivity index (χ4n) is 6.77. The lowest BCUT2D eigenvalue weighted by atomic mass is 9.47. The average molecular weight is 306 g/mol. The Morgan fingerprint density at radius 3 is 2.09 bits per heavy atom. The molecule has 4 aliphatic rings. The summed E-state index contributed by atoms with van der Waals surface area (Å²) in [6.45, 7) is 14.8. The Morgan fingerprint density at radius 1 is 0.955 bits per heavy atom. The van der Waals surface area contributed by atoms with Gasteiger partial charge in [-0.15, -0.1) is 0 Å². The molecule has 0 aromatic rings. The van der Waals surface area contributed by atoms with Crippen molar-refractivity contribution in [2.24, 2.45) is 58.5 Å². The second kappa shape index (κ2) is 5.80. The van der Waals surface area contributed by atoms with Crippen molar-refractivity contribution < 1.29 is 0 Å². The van der Waals surface area contributed by atoms with Crippen LogP contribution in [0.3, 0.4) is 0 Å². The van der Waals surface area contributed by atoms with Gasteiger partial charge < -0.3 is 5.73 Å². The first-order valence-electron chi connectivity index (χ1n) is 10.0. The maximum atomic E-state index is 6.65. The fraction of sp³-hybridized carbons (Fsp3) is 1.00. The topological polar surface area (TPSA) is 26.0 Å². The summed E-state index contributed by atoms with van der Waals surface area (Å²) in [6, 6.07) is 0.415. The molecule has 128 valence electrons. The summed E-state index contributed by atoms with van der Waals surface area (Å²) in [5.41, 5.74) is 7.35. The molecule has 4 saturated carbocycles. The van der Waals surface area contributed by atoms with Crippen LogP contribution in [-0.2, 0) is 0 Å². The van der Waals surface area contributed by atoms with Crippen molar-refractivity contribution in [3.05, 3.63) is 0 Å². The standard InChI is InChI=1S/C21H39N/c1-12(9-21-10-18(11-21)8-7-13(21)2)14(3)19-16(5)15(4)17(6)20(19)22/h12-20H,7-11,22H2,1-6H3. The molecule has 1 nitrogen and oxygen atoms in total. The van der Waals surface area contributed by atoms with Crippen molar-refractivity contribution in [3.8, 4) is 0 Å². The Balaban J connectivity index is 1.66. The maximum absolute atomic E-state index is 6.65. The van der Waals surface area contributed by atoms with E-state index in [1.54, 1.807) is 0 Å². The van der Waals surface area contributed by atoms with Crippen LogP contribution in [0.1, 0.15) is 73.6 Å². The normalized spacial score (nSPS) is 53.9. The second-order valence-corrected chi connectivity index (χ2v) is 9.89. The van der Waals surface area contributed by atoms with E-state index in [1.165, 1.54) is 32.1 Å². The van der Waals surface area contributed by atoms with Gasteiger partial charge in [0, 0.05) is 6.04 Å². The fourth-order valence-corrected chi connectivity index (χ4v) is 6.77. The molecular formula is C21H39N. The van der Waals surface area contributed by atoms with E-state index in [0.29, 0.717) is 17.4 Å². The lowest BCUT2D eigenvalue weighted by molar-refractivity contribution is -0.0790. The van der Waals surface area contributed by atoms with E-state index in [-0.39, 0.29) is 0 Å². The second-order valence-electron chi connectivity index (χ2n) is 9.89. The zero-order valence-corrected chi connectivity index (χ0v) is 15.8. The molecule has 8 unspecified atom stereocenters. The van der Waals surface area contributed by atoms with Gasteiger partial charge in [-0.05, 0) is 78.4 Å². The van der Waals surface area contributed by atoms with E-state index in [0.717, 1.165) is 41.4 Å². The Kier molecular flexibility index (Phi) is 4.43. The summed E-state index contributed by atoms with van der Waals surface area (Å²) in [5, 5.41) is 0. The summed E-state index contributed by atoms with van der Waals surface area (Å²) in [6.07, 6.45) is 7.52. The predicted molar refractivity (Wildman–Crippen MR) is 95.5 cm³/mol. The van der Waals surface area contributed by atoms with Gasteiger partial charge in [0.1, 0.15) is 0 Å². The third-order valence-corrected chi connectivity index (χ3v) is 8.99. The highest BCUT2D eigenvalue weighted by Crippen LogP contribution is 2.62. The molecule has 0 aromatic heterocycles. The number of rotatable bonds is 4. The Bertz CT molecular complexity index is 383. The summed E-state index contributed by atoms with van der Waals surface area (Å²) in [5.74, 6) is 6.64. The Labute approximate surface area is 138 Å². The molecule has 4 fully saturated rings. The molecule has 4 aliphatic carbocycles. The smallest absolute Gasteiger partial charge is 0.0101 e. The molecule has 4 rings (SSSR count). The van der Waals surface area contributed by atoms with Crippen LogP contribution in [0, 0.1) is 52.8 Å². The molecule has 0 saturated heterocycles. The third-order valence-electron chi connectivity index (χ3n) is 8.99. The molecular weight excluding hydrogens is 266 g/mol. The van der Waals surface area contributed by atoms with Crippen LogP contribution in [0.15, 0.2) is 0 Å². The van der Waals surface area contributed by atoms with Gasteiger partial charge in [-0.1, -0.05) is 48.0 Å². The van der Waals surface area contributed by atoms with Crippen molar-refractivity contribution in [1.29, 1.82) is 0 Å². The highest BCUT2D eigenvalue weighted by Gasteiger charge is 2.53. The van der Waals surface area contributed by atoms with E-state index >= 15 is 0 Å². The van der Waals surface area contributed by atoms with E-state index in [4.69, 9.17) is 5.73 Å². The minimum absolute atomic E-state index is 0.415. The van der Waals surface area contributed by atoms with Crippen LogP contribution in [0.4, 0.5) is 0 Å². The van der Waals surface area contributed by atoms with Gasteiger partial charge in [0.05, 0.1) is 0 Å². The molecule has 0 heterocycles. The zero-order chi connectivity index (χ0) is 16.2. The SMILES string of the molecule is CC(CC12CC(CCC1C)C2)C(C)C1C(C)C(C)C(C)C1N. The van der Waals surface area contributed by atoms with E-state index in [1.807, 2.05) is 0 Å². The number of fused-ring (bicyclic) bond motifs is 2. The van der Waals surface area contributed by atoms with Crippen LogP contribution in [0.25, 0.3) is 0 Å². The number of hydrogen-bond donors (Lipinski definition) is 1. The molecule has 0 amide bonds. The molecule has 0 radical (unpaired) electrons. The average Bonchev–Trinajstić information content (AvgIpc) is 2.63. The van der Waals surface area contributed by atoms with Gasteiger partial charge in [-0.2, -0.15) is 0 Å². The van der Waals surface area contributed by atoms with Crippen molar-refractivity contribution >= 4 is 0 Å². The number of nitrogens with two attached hydrogens (primary N) is 1. The monoisotopic (exact) mass is 305 g/mol. The molecule has 0 aromatic carbocycles. The van der Waals surface area contributed by atoms with Crippen molar-refractivity contribution in [2.45, 2.75) is 79.7 Å². The minimum Gasteiger partial charge on any atom is -0.327 e. The first-order chi connectivity index (χ1) is 10.3. The first-order valence-corrected chi connectivity index (χ1v) is 10.0. The Morgan fingerprint density at radius 2 is 1.59 bits per heavy atom. The molecule has 8 atom stereocenters. The predicted octanol–water partition coefficient (Wildman–Crippen LogP) is 5.34. The lowest BCUT2D eigenvalue weighted by Crippen LogP contribution is -2.49. The molecule has 22 heavy (non-hydrogen) atoms. The van der Waals surface area contributed by atoms with Gasteiger partial charge in [0.2, 0.25) is 0 Å². The minimum atomic E-state index is 0.415. The summed E-state index contributed by atoms with van der Waals surface area (Å²) in [4.78, 5) is 0. The lowest BCUT2D eigenvalue weighted by Gasteiger charge is -2.58. The molecule has 1 heteroatoms. The van der Waals surface area contributed by atoms with Crippen LogP contribution >= 0.6 is 0 Å². The van der Waals surface area contributed by atoms with Crippen molar-refractivity contribution in [2.75, 3.05) is 0 Å². The van der Waals surface area contributed by atoms with Crippen LogP contribution in [0.5, 0.6) is 0 Å². The van der Waals surface area contributed by atoms with Gasteiger partial charge in [0.25, 0.3) is 0 Å². The van der Waals surface area contributed by atoms with Crippen molar-refractivity contribution in [1.82, 2.24) is 0 Å². The van der Waals surface area contributed by atoms with E-state index in [9.17, 15) is 0 Å². The van der Waals surface area contributed by atoms with Crippen molar-refractivity contribution in [3.63, 3.8) is 0 Å². The van der Waals surface area contributed by atoms with E-state index < -0.39 is 0 Å². The third kappa shape index (κ3) is 2.46. The quantitative estimate of drug-likeness (QED) is 0.745. The van der Waals surface area contributed by atoms with Crippen LogP contribution in [-0.4, -0.2) is 6.04 Å². The maximum Gasteiger partial charge on any atom is 0.0101 e. The van der Waals surface area contributed by atoms with Crippen LogP contribution in [0.2, 0.25) is 0 Å². The van der Waals surface area contributed by atoms with Gasteiger partial charge in [-0.3, -0.25) is 0 Å². The highest BCUT2D eigenvalue weighted by molar-refractivity contribution is 5.03. The molecule has 2 bridgehead atoms. The molecule has 0 spiro atoms. The Hall–Kier alpha value is -0.0400. The van der Waals surface area contributed by atoms with E-state index in [2.05, 4.69) is 41.5 Å². The first kappa shape index (κ1) is 16.8. The van der Waals surface area contributed by atoms with Gasteiger partial charge in [-0.25, -0.2) is 0 Å². The zero-order valence-electron chi connectivity index (χ0n) is 15.8.